The van der Waals surface area contributed by atoms with E-state index in [-0.39, 0.29) is 17.7 Å². The fourth-order valence-corrected chi connectivity index (χ4v) is 2.66. The van der Waals surface area contributed by atoms with E-state index in [1.165, 1.54) is 0 Å². The van der Waals surface area contributed by atoms with Gasteiger partial charge in [-0.1, -0.05) is 6.92 Å². The number of benzene rings is 1. The maximum atomic E-state index is 12.1. The Morgan fingerprint density at radius 3 is 2.26 bits per heavy atom. The Labute approximate surface area is 134 Å². The minimum atomic E-state index is -0.997. The van der Waals surface area contributed by atoms with Gasteiger partial charge in [-0.2, -0.15) is 0 Å². The van der Waals surface area contributed by atoms with Gasteiger partial charge in [0.15, 0.2) is 0 Å². The second-order valence-corrected chi connectivity index (χ2v) is 6.51. The first kappa shape index (κ1) is 15.5. The molecule has 23 heavy (non-hydrogen) atoms. The maximum absolute atomic E-state index is 12.1. The van der Waals surface area contributed by atoms with Crippen molar-refractivity contribution >= 4 is 23.5 Å². The first-order valence-electron chi connectivity index (χ1n) is 7.90. The second-order valence-electron chi connectivity index (χ2n) is 6.51. The highest BCUT2D eigenvalue weighted by Crippen LogP contribution is 2.38. The Hall–Kier alpha value is -2.37. The average Bonchev–Trinajstić information content (AvgIpc) is 3.41. The van der Waals surface area contributed by atoms with Gasteiger partial charge >= 0.3 is 5.97 Å². The molecule has 6 nitrogen and oxygen atoms in total. The third-order valence-corrected chi connectivity index (χ3v) is 4.51. The minimum absolute atomic E-state index is 0.00868. The summed E-state index contributed by atoms with van der Waals surface area (Å²) in [5.74, 6) is -0.825. The molecule has 0 radical (unpaired) electrons. The number of anilines is 1. The molecule has 2 saturated carbocycles. The van der Waals surface area contributed by atoms with E-state index in [2.05, 4.69) is 10.6 Å². The van der Waals surface area contributed by atoms with Crippen LogP contribution >= 0.6 is 0 Å². The average molecular weight is 316 g/mol. The summed E-state index contributed by atoms with van der Waals surface area (Å²) in [6, 6.07) is 5.68. The van der Waals surface area contributed by atoms with Gasteiger partial charge < -0.3 is 15.7 Å². The van der Waals surface area contributed by atoms with Crippen LogP contribution in [-0.4, -0.2) is 28.9 Å². The zero-order valence-corrected chi connectivity index (χ0v) is 12.9. The minimum Gasteiger partial charge on any atom is -0.480 e. The standard InChI is InChI=1S/C17H20N2O4/c1-9-8-13(9)16(21)18-12-6-4-11(5-7-12)15(20)19-14(17(22)23)10-2-3-10/h4-7,9-10,13-14H,2-3,8H2,1H3,(H,18,21)(H,19,20)(H,22,23). The highest BCUT2D eigenvalue weighted by Gasteiger charge is 2.39. The van der Waals surface area contributed by atoms with Crippen molar-refractivity contribution in [2.24, 2.45) is 17.8 Å². The lowest BCUT2D eigenvalue weighted by atomic mass is 10.1. The number of amides is 2. The summed E-state index contributed by atoms with van der Waals surface area (Å²) in [5.41, 5.74) is 1.03. The van der Waals surface area contributed by atoms with Crippen molar-refractivity contribution in [3.63, 3.8) is 0 Å². The van der Waals surface area contributed by atoms with Gasteiger partial charge in [0.2, 0.25) is 5.91 Å². The third kappa shape index (κ3) is 3.70. The molecule has 1 aromatic rings. The fraction of sp³-hybridized carbons (Fsp3) is 0.471. The Balaban J connectivity index is 1.58. The number of hydrogen-bond donors (Lipinski definition) is 3. The highest BCUT2D eigenvalue weighted by molar-refractivity contribution is 5.98. The Bertz CT molecular complexity index is 636. The van der Waals surface area contributed by atoms with E-state index >= 15 is 0 Å². The molecule has 3 rings (SSSR count). The molecule has 0 bridgehead atoms. The molecule has 0 heterocycles. The number of rotatable bonds is 6. The summed E-state index contributed by atoms with van der Waals surface area (Å²) >= 11 is 0. The van der Waals surface area contributed by atoms with Crippen LogP contribution in [0.3, 0.4) is 0 Å². The topological polar surface area (TPSA) is 95.5 Å². The van der Waals surface area contributed by atoms with Crippen molar-refractivity contribution in [3.05, 3.63) is 29.8 Å². The van der Waals surface area contributed by atoms with Crippen LogP contribution in [0.4, 0.5) is 5.69 Å². The third-order valence-electron chi connectivity index (χ3n) is 4.51. The second kappa shape index (κ2) is 6.02. The smallest absolute Gasteiger partial charge is 0.326 e. The van der Waals surface area contributed by atoms with Crippen LogP contribution in [0.25, 0.3) is 0 Å². The van der Waals surface area contributed by atoms with Crippen LogP contribution in [0.5, 0.6) is 0 Å². The summed E-state index contributed by atoms with van der Waals surface area (Å²) in [6.45, 7) is 2.04. The number of carbonyl (C=O) groups is 3. The first-order valence-corrected chi connectivity index (χ1v) is 7.90. The molecule has 1 aromatic carbocycles. The molecule has 0 saturated heterocycles. The molecule has 2 aliphatic carbocycles. The quantitative estimate of drug-likeness (QED) is 0.746. The Morgan fingerprint density at radius 2 is 1.78 bits per heavy atom. The van der Waals surface area contributed by atoms with Gasteiger partial charge in [-0.25, -0.2) is 4.79 Å². The molecule has 3 unspecified atom stereocenters. The number of aliphatic carboxylic acids is 1. The number of carboxylic acids is 1. The zero-order valence-electron chi connectivity index (χ0n) is 12.9. The van der Waals surface area contributed by atoms with Crippen LogP contribution in [-0.2, 0) is 9.59 Å². The van der Waals surface area contributed by atoms with Gasteiger partial charge in [0, 0.05) is 17.2 Å². The molecular weight excluding hydrogens is 296 g/mol. The summed E-state index contributed by atoms with van der Waals surface area (Å²) in [5, 5.41) is 14.5. The zero-order chi connectivity index (χ0) is 16.6. The van der Waals surface area contributed by atoms with E-state index in [1.54, 1.807) is 24.3 Å². The number of nitrogens with one attached hydrogen (secondary N) is 2. The van der Waals surface area contributed by atoms with Crippen molar-refractivity contribution in [1.82, 2.24) is 5.32 Å². The van der Waals surface area contributed by atoms with Crippen LogP contribution in [0.15, 0.2) is 24.3 Å². The molecule has 0 spiro atoms. The normalized spacial score (nSPS) is 23.7. The molecular formula is C17H20N2O4. The van der Waals surface area contributed by atoms with Crippen LogP contribution in [0, 0.1) is 17.8 Å². The molecule has 3 atom stereocenters. The van der Waals surface area contributed by atoms with Crippen LogP contribution in [0.1, 0.15) is 36.5 Å². The first-order chi connectivity index (χ1) is 11.0. The van der Waals surface area contributed by atoms with Crippen LogP contribution < -0.4 is 10.6 Å². The van der Waals surface area contributed by atoms with E-state index in [9.17, 15) is 14.4 Å². The number of hydrogen-bond acceptors (Lipinski definition) is 3. The molecule has 122 valence electrons. The van der Waals surface area contributed by atoms with Gasteiger partial charge in [-0.15, -0.1) is 0 Å². The molecule has 2 fully saturated rings. The molecule has 6 heteroatoms. The summed E-state index contributed by atoms with van der Waals surface area (Å²) in [6.07, 6.45) is 2.59. The number of carboxylic acid groups (broad SMARTS) is 1. The van der Waals surface area contributed by atoms with E-state index in [0.29, 0.717) is 17.2 Å². The van der Waals surface area contributed by atoms with Gasteiger partial charge in [0.25, 0.3) is 5.91 Å². The van der Waals surface area contributed by atoms with E-state index in [0.717, 1.165) is 19.3 Å². The van der Waals surface area contributed by atoms with Crippen molar-refractivity contribution in [3.8, 4) is 0 Å². The fourth-order valence-electron chi connectivity index (χ4n) is 2.66. The predicted octanol–water partition coefficient (Wildman–Crippen LogP) is 1.87. The lowest BCUT2D eigenvalue weighted by molar-refractivity contribution is -0.139. The highest BCUT2D eigenvalue weighted by atomic mass is 16.4. The Kier molecular flexibility index (Phi) is 4.07. The molecule has 2 aliphatic rings. The SMILES string of the molecule is CC1CC1C(=O)Nc1ccc(C(=O)NC(C(=O)O)C2CC2)cc1. The summed E-state index contributed by atoms with van der Waals surface area (Å²) < 4.78 is 0. The van der Waals surface area contributed by atoms with Crippen molar-refractivity contribution in [1.29, 1.82) is 0 Å². The largest absolute Gasteiger partial charge is 0.480 e. The van der Waals surface area contributed by atoms with Gasteiger partial charge in [0.05, 0.1) is 0 Å². The van der Waals surface area contributed by atoms with Crippen molar-refractivity contribution in [2.45, 2.75) is 32.2 Å². The van der Waals surface area contributed by atoms with E-state index in [1.807, 2.05) is 6.92 Å². The predicted molar refractivity (Wildman–Crippen MR) is 84.0 cm³/mol. The van der Waals surface area contributed by atoms with Gasteiger partial charge in [-0.05, 0) is 55.4 Å². The molecule has 2 amide bonds. The lowest BCUT2D eigenvalue weighted by Crippen LogP contribution is -2.42. The maximum Gasteiger partial charge on any atom is 0.326 e. The summed E-state index contributed by atoms with van der Waals surface area (Å²) in [7, 11) is 0. The molecule has 0 aromatic heterocycles. The van der Waals surface area contributed by atoms with Gasteiger partial charge in [0.1, 0.15) is 6.04 Å². The van der Waals surface area contributed by atoms with Crippen LogP contribution in [0.2, 0.25) is 0 Å². The van der Waals surface area contributed by atoms with E-state index in [4.69, 9.17) is 5.11 Å². The van der Waals surface area contributed by atoms with E-state index < -0.39 is 17.9 Å². The van der Waals surface area contributed by atoms with Gasteiger partial charge in [-0.3, -0.25) is 9.59 Å². The van der Waals surface area contributed by atoms with Crippen molar-refractivity contribution in [2.75, 3.05) is 5.32 Å². The number of carbonyl (C=O) groups excluding carboxylic acids is 2. The monoisotopic (exact) mass is 316 g/mol. The summed E-state index contributed by atoms with van der Waals surface area (Å²) in [4.78, 5) is 35.1. The molecule has 0 aliphatic heterocycles. The van der Waals surface area contributed by atoms with Crippen molar-refractivity contribution < 1.29 is 19.5 Å². The Morgan fingerprint density at radius 1 is 1.17 bits per heavy atom. The lowest BCUT2D eigenvalue weighted by Gasteiger charge is -2.13. The molecule has 3 N–H and O–H groups in total.